The monoisotopic (exact) mass is 266 g/mol. The van der Waals surface area contributed by atoms with Gasteiger partial charge in [0.25, 0.3) is 5.91 Å². The van der Waals surface area contributed by atoms with E-state index in [4.69, 9.17) is 5.11 Å². The van der Waals surface area contributed by atoms with Crippen LogP contribution in [0.3, 0.4) is 0 Å². The molecule has 1 rings (SSSR count). The van der Waals surface area contributed by atoms with Crippen molar-refractivity contribution in [3.63, 3.8) is 0 Å². The van der Waals surface area contributed by atoms with E-state index in [1.165, 1.54) is 6.20 Å². The zero-order valence-corrected chi connectivity index (χ0v) is 11.6. The SMILES string of the molecule is CCCNc1cnc(C(=O)N(CCC)CCO)cn1. The predicted octanol–water partition coefficient (Wildman–Crippen LogP) is 1.14. The molecule has 0 spiro atoms. The van der Waals surface area contributed by atoms with E-state index in [0.29, 0.717) is 24.6 Å². The quantitative estimate of drug-likeness (QED) is 0.738. The first-order valence-electron chi connectivity index (χ1n) is 6.69. The molecule has 0 aliphatic rings. The summed E-state index contributed by atoms with van der Waals surface area (Å²) in [6.45, 7) is 5.77. The summed E-state index contributed by atoms with van der Waals surface area (Å²) in [6.07, 6.45) is 4.88. The van der Waals surface area contributed by atoms with Crippen molar-refractivity contribution < 1.29 is 9.90 Å². The van der Waals surface area contributed by atoms with Gasteiger partial charge in [0.05, 0.1) is 19.0 Å². The summed E-state index contributed by atoms with van der Waals surface area (Å²) in [5, 5.41) is 12.1. The van der Waals surface area contributed by atoms with Gasteiger partial charge in [-0.3, -0.25) is 4.79 Å². The van der Waals surface area contributed by atoms with Crippen molar-refractivity contribution in [2.75, 3.05) is 31.6 Å². The van der Waals surface area contributed by atoms with Crippen molar-refractivity contribution in [2.45, 2.75) is 26.7 Å². The van der Waals surface area contributed by atoms with Crippen LogP contribution in [0.2, 0.25) is 0 Å². The lowest BCUT2D eigenvalue weighted by Crippen LogP contribution is -2.34. The van der Waals surface area contributed by atoms with E-state index in [1.807, 2.05) is 6.92 Å². The highest BCUT2D eigenvalue weighted by Crippen LogP contribution is 2.05. The molecule has 0 unspecified atom stereocenters. The van der Waals surface area contributed by atoms with E-state index < -0.39 is 0 Å². The zero-order chi connectivity index (χ0) is 14.1. The molecule has 0 aliphatic heterocycles. The maximum Gasteiger partial charge on any atom is 0.274 e. The molecule has 0 aliphatic carbocycles. The Morgan fingerprint density at radius 1 is 1.26 bits per heavy atom. The third-order valence-electron chi connectivity index (χ3n) is 2.58. The van der Waals surface area contributed by atoms with Crippen LogP contribution in [0, 0.1) is 0 Å². The minimum Gasteiger partial charge on any atom is -0.395 e. The summed E-state index contributed by atoms with van der Waals surface area (Å²) in [4.78, 5) is 22.0. The number of rotatable bonds is 8. The zero-order valence-electron chi connectivity index (χ0n) is 11.6. The van der Waals surface area contributed by atoms with Gasteiger partial charge in [0, 0.05) is 19.6 Å². The Bertz CT molecular complexity index is 375. The molecule has 0 fully saturated rings. The van der Waals surface area contributed by atoms with Crippen molar-refractivity contribution in [3.05, 3.63) is 18.1 Å². The summed E-state index contributed by atoms with van der Waals surface area (Å²) in [5.41, 5.74) is 0.309. The summed E-state index contributed by atoms with van der Waals surface area (Å²) in [7, 11) is 0. The van der Waals surface area contributed by atoms with E-state index in [2.05, 4.69) is 22.2 Å². The number of nitrogens with one attached hydrogen (secondary N) is 1. The number of carbonyl (C=O) groups excluding carboxylic acids is 1. The average Bonchev–Trinajstić information content (AvgIpc) is 2.44. The van der Waals surface area contributed by atoms with Crippen LogP contribution < -0.4 is 5.32 Å². The number of anilines is 1. The van der Waals surface area contributed by atoms with Crippen molar-refractivity contribution in [1.29, 1.82) is 0 Å². The van der Waals surface area contributed by atoms with Crippen LogP contribution in [0.1, 0.15) is 37.2 Å². The molecule has 0 radical (unpaired) electrons. The topological polar surface area (TPSA) is 78.4 Å². The number of nitrogens with zero attached hydrogens (tertiary/aromatic N) is 3. The van der Waals surface area contributed by atoms with Gasteiger partial charge in [-0.2, -0.15) is 0 Å². The molecule has 6 nitrogen and oxygen atoms in total. The molecule has 1 heterocycles. The fourth-order valence-corrected chi connectivity index (χ4v) is 1.65. The predicted molar refractivity (Wildman–Crippen MR) is 74.1 cm³/mol. The van der Waals surface area contributed by atoms with Gasteiger partial charge in [0.15, 0.2) is 0 Å². The largest absolute Gasteiger partial charge is 0.395 e. The number of aliphatic hydroxyl groups excluding tert-OH is 1. The molecule has 0 bridgehead atoms. The lowest BCUT2D eigenvalue weighted by atomic mass is 10.3. The number of aromatic nitrogens is 2. The molecule has 0 atom stereocenters. The minimum absolute atomic E-state index is 0.0463. The summed E-state index contributed by atoms with van der Waals surface area (Å²) < 4.78 is 0. The first-order valence-corrected chi connectivity index (χ1v) is 6.69. The first kappa shape index (κ1) is 15.4. The van der Waals surface area contributed by atoms with Crippen LogP contribution in [-0.2, 0) is 0 Å². The lowest BCUT2D eigenvalue weighted by molar-refractivity contribution is 0.0715. The van der Waals surface area contributed by atoms with Crippen LogP contribution in [0.15, 0.2) is 12.4 Å². The van der Waals surface area contributed by atoms with Crippen molar-refractivity contribution in [1.82, 2.24) is 14.9 Å². The molecule has 0 saturated heterocycles. The van der Waals surface area contributed by atoms with Gasteiger partial charge < -0.3 is 15.3 Å². The van der Waals surface area contributed by atoms with Gasteiger partial charge in [0.2, 0.25) is 0 Å². The van der Waals surface area contributed by atoms with Gasteiger partial charge in [0.1, 0.15) is 11.5 Å². The standard InChI is InChI=1S/C13H22N4O2/c1-3-5-14-12-10-15-11(9-16-12)13(19)17(6-4-2)7-8-18/h9-10,18H,3-8H2,1-2H3,(H,14,16). The maximum atomic E-state index is 12.1. The molecule has 106 valence electrons. The molecule has 1 aromatic heterocycles. The highest BCUT2D eigenvalue weighted by molar-refractivity contribution is 5.92. The van der Waals surface area contributed by atoms with Gasteiger partial charge in [-0.15, -0.1) is 0 Å². The Kier molecular flexibility index (Phi) is 6.81. The Hall–Kier alpha value is -1.69. The Morgan fingerprint density at radius 2 is 2.05 bits per heavy atom. The van der Waals surface area contributed by atoms with Crippen molar-refractivity contribution >= 4 is 11.7 Å². The highest BCUT2D eigenvalue weighted by atomic mass is 16.3. The van der Waals surface area contributed by atoms with Crippen LogP contribution >= 0.6 is 0 Å². The number of hydrogen-bond acceptors (Lipinski definition) is 5. The van der Waals surface area contributed by atoms with E-state index in [9.17, 15) is 4.79 Å². The molecule has 0 saturated carbocycles. The number of amides is 1. The molecule has 2 N–H and O–H groups in total. The molecular formula is C13H22N4O2. The third-order valence-corrected chi connectivity index (χ3v) is 2.58. The van der Waals surface area contributed by atoms with E-state index in [0.717, 1.165) is 19.4 Å². The molecular weight excluding hydrogens is 244 g/mol. The summed E-state index contributed by atoms with van der Waals surface area (Å²) in [5.74, 6) is 0.480. The summed E-state index contributed by atoms with van der Waals surface area (Å²) >= 11 is 0. The van der Waals surface area contributed by atoms with Crippen molar-refractivity contribution in [2.24, 2.45) is 0 Å². The Labute approximate surface area is 113 Å². The van der Waals surface area contributed by atoms with E-state index in [-0.39, 0.29) is 12.5 Å². The second-order valence-corrected chi connectivity index (χ2v) is 4.23. The third kappa shape index (κ3) is 4.82. The van der Waals surface area contributed by atoms with Crippen LogP contribution in [0.25, 0.3) is 0 Å². The first-order chi connectivity index (χ1) is 9.22. The Balaban J connectivity index is 2.69. The van der Waals surface area contributed by atoms with Crippen LogP contribution in [0.5, 0.6) is 0 Å². The molecule has 1 aromatic rings. The highest BCUT2D eigenvalue weighted by Gasteiger charge is 2.16. The smallest absolute Gasteiger partial charge is 0.274 e. The van der Waals surface area contributed by atoms with Gasteiger partial charge >= 0.3 is 0 Å². The van der Waals surface area contributed by atoms with Gasteiger partial charge in [-0.05, 0) is 12.8 Å². The minimum atomic E-state index is -0.189. The van der Waals surface area contributed by atoms with E-state index in [1.54, 1.807) is 11.1 Å². The van der Waals surface area contributed by atoms with Crippen molar-refractivity contribution in [3.8, 4) is 0 Å². The lowest BCUT2D eigenvalue weighted by Gasteiger charge is -2.20. The molecule has 19 heavy (non-hydrogen) atoms. The second-order valence-electron chi connectivity index (χ2n) is 4.23. The number of aliphatic hydroxyl groups is 1. The van der Waals surface area contributed by atoms with Crippen LogP contribution in [-0.4, -0.2) is 52.1 Å². The number of hydrogen-bond donors (Lipinski definition) is 2. The fraction of sp³-hybridized carbons (Fsp3) is 0.615. The van der Waals surface area contributed by atoms with Gasteiger partial charge in [-0.1, -0.05) is 13.8 Å². The van der Waals surface area contributed by atoms with Gasteiger partial charge in [-0.25, -0.2) is 9.97 Å². The summed E-state index contributed by atoms with van der Waals surface area (Å²) in [6, 6.07) is 0. The molecule has 1 amide bonds. The Morgan fingerprint density at radius 3 is 2.58 bits per heavy atom. The molecule has 0 aromatic carbocycles. The number of carbonyl (C=O) groups is 1. The van der Waals surface area contributed by atoms with E-state index >= 15 is 0 Å². The van der Waals surface area contributed by atoms with Crippen LogP contribution in [0.4, 0.5) is 5.82 Å². The average molecular weight is 266 g/mol. The normalized spacial score (nSPS) is 10.3. The molecule has 6 heteroatoms. The fourth-order valence-electron chi connectivity index (χ4n) is 1.65. The second kappa shape index (κ2) is 8.42. The maximum absolute atomic E-state index is 12.1.